The van der Waals surface area contributed by atoms with Crippen molar-refractivity contribution in [1.82, 2.24) is 0 Å². The first-order valence-corrected chi connectivity index (χ1v) is 16.5. The Labute approximate surface area is 275 Å². The van der Waals surface area contributed by atoms with Gasteiger partial charge in [-0.05, 0) is 39.5 Å². The molecular formula is C32H42Cl4O7. The van der Waals surface area contributed by atoms with Crippen LogP contribution in [-0.2, 0) is 19.1 Å². The zero-order chi connectivity index (χ0) is 31.8. The van der Waals surface area contributed by atoms with Crippen LogP contribution in [0.15, 0.2) is 24.3 Å². The number of hydrogen-bond donors (Lipinski definition) is 0. The Morgan fingerprint density at radius 1 is 0.581 bits per heavy atom. The molecule has 43 heavy (non-hydrogen) atoms. The van der Waals surface area contributed by atoms with Crippen molar-refractivity contribution in [3.8, 4) is 23.0 Å². The minimum Gasteiger partial charge on any atom is -0.476 e. The number of esters is 2. The molecule has 0 N–H and O–H groups in total. The van der Waals surface area contributed by atoms with Gasteiger partial charge in [0.25, 0.3) is 0 Å². The molecule has 0 spiro atoms. The first kappa shape index (κ1) is 37.1. The predicted octanol–water partition coefficient (Wildman–Crippen LogP) is 10.7. The zero-order valence-electron chi connectivity index (χ0n) is 25.3. The van der Waals surface area contributed by atoms with E-state index in [9.17, 15) is 9.59 Å². The monoisotopic (exact) mass is 678 g/mol. The molecule has 0 saturated heterocycles. The van der Waals surface area contributed by atoms with Gasteiger partial charge in [-0.15, -0.1) is 0 Å². The normalized spacial score (nSPS) is 12.4. The van der Waals surface area contributed by atoms with E-state index in [0.29, 0.717) is 24.3 Å². The third-order valence-electron chi connectivity index (χ3n) is 6.44. The molecule has 0 amide bonds. The van der Waals surface area contributed by atoms with Gasteiger partial charge in [-0.3, -0.25) is 0 Å². The van der Waals surface area contributed by atoms with Gasteiger partial charge in [-0.25, -0.2) is 9.59 Å². The summed E-state index contributed by atoms with van der Waals surface area (Å²) in [4.78, 5) is 25.1. The number of halogens is 4. The Morgan fingerprint density at radius 2 is 0.930 bits per heavy atom. The molecular weight excluding hydrogens is 638 g/mol. The van der Waals surface area contributed by atoms with E-state index in [1.54, 1.807) is 13.8 Å². The Kier molecular flexibility index (Phi) is 17.3. The van der Waals surface area contributed by atoms with Crippen LogP contribution in [0.25, 0.3) is 0 Å². The lowest BCUT2D eigenvalue weighted by Gasteiger charge is -2.20. The summed E-state index contributed by atoms with van der Waals surface area (Å²) in [6.45, 7) is 8.18. The number of carbonyl (C=O) groups excluding carboxylic acids is 2. The van der Waals surface area contributed by atoms with Crippen LogP contribution in [0.5, 0.6) is 23.0 Å². The zero-order valence-corrected chi connectivity index (χ0v) is 28.3. The molecule has 240 valence electrons. The maximum absolute atomic E-state index is 12.5. The highest BCUT2D eigenvalue weighted by molar-refractivity contribution is 6.38. The SMILES string of the molecule is CCCCCCC(Oc1c(Cl)cc(Oc2cc(Cl)c(OC(CCCCCC)C(=O)OCC)c(Cl)c2)cc1Cl)C(=O)OCC. The fourth-order valence-corrected chi connectivity index (χ4v) is 5.38. The quantitative estimate of drug-likeness (QED) is 0.102. The third kappa shape index (κ3) is 12.5. The van der Waals surface area contributed by atoms with Gasteiger partial charge >= 0.3 is 11.9 Å². The summed E-state index contributed by atoms with van der Waals surface area (Å²) < 4.78 is 28.2. The van der Waals surface area contributed by atoms with Crippen molar-refractivity contribution in [3.05, 3.63) is 44.4 Å². The van der Waals surface area contributed by atoms with Crippen LogP contribution in [0.1, 0.15) is 91.9 Å². The van der Waals surface area contributed by atoms with Gasteiger partial charge in [0, 0.05) is 24.3 Å². The average molecular weight is 680 g/mol. The van der Waals surface area contributed by atoms with Gasteiger partial charge in [0.05, 0.1) is 33.3 Å². The standard InChI is InChI=1S/C32H42Cl4O7/c1-5-9-11-13-15-27(31(37)39-7-3)42-29-23(33)17-21(18-24(29)34)41-22-19-25(35)30(26(36)20-22)43-28(32(38)40-8-4)16-14-12-10-6-2/h17-20,27-28H,5-16H2,1-4H3. The molecule has 0 aliphatic heterocycles. The third-order valence-corrected chi connectivity index (χ3v) is 7.56. The van der Waals surface area contributed by atoms with E-state index in [1.807, 2.05) is 0 Å². The van der Waals surface area contributed by atoms with E-state index in [-0.39, 0.29) is 44.8 Å². The lowest BCUT2D eigenvalue weighted by Crippen LogP contribution is -2.29. The number of unbranched alkanes of at least 4 members (excludes halogenated alkanes) is 6. The van der Waals surface area contributed by atoms with Crippen LogP contribution in [0, 0.1) is 0 Å². The second-order valence-corrected chi connectivity index (χ2v) is 11.6. The topological polar surface area (TPSA) is 80.3 Å². The smallest absolute Gasteiger partial charge is 0.347 e. The van der Waals surface area contributed by atoms with E-state index in [0.717, 1.165) is 51.4 Å². The molecule has 2 unspecified atom stereocenters. The van der Waals surface area contributed by atoms with Gasteiger partial charge < -0.3 is 23.7 Å². The number of ether oxygens (including phenoxy) is 5. The van der Waals surface area contributed by atoms with Crippen LogP contribution in [0.3, 0.4) is 0 Å². The molecule has 0 radical (unpaired) electrons. The molecule has 11 heteroatoms. The minimum atomic E-state index is -0.839. The van der Waals surface area contributed by atoms with Gasteiger partial charge in [0.1, 0.15) is 11.5 Å². The molecule has 0 fully saturated rings. The maximum Gasteiger partial charge on any atom is 0.347 e. The summed E-state index contributed by atoms with van der Waals surface area (Å²) in [6, 6.07) is 6.06. The molecule has 0 bridgehead atoms. The second kappa shape index (κ2) is 20.1. The Morgan fingerprint density at radius 3 is 1.23 bits per heavy atom. The Bertz CT molecular complexity index is 1040. The van der Waals surface area contributed by atoms with Crippen molar-refractivity contribution in [2.45, 2.75) is 104 Å². The van der Waals surface area contributed by atoms with E-state index < -0.39 is 24.1 Å². The van der Waals surface area contributed by atoms with Crippen molar-refractivity contribution >= 4 is 58.3 Å². The van der Waals surface area contributed by atoms with Crippen molar-refractivity contribution in [2.75, 3.05) is 13.2 Å². The van der Waals surface area contributed by atoms with Crippen LogP contribution in [-0.4, -0.2) is 37.4 Å². The fourth-order valence-electron chi connectivity index (χ4n) is 4.27. The Hall–Kier alpha value is -2.06. The van der Waals surface area contributed by atoms with Crippen LogP contribution >= 0.6 is 46.4 Å². The summed E-state index contributed by atoms with van der Waals surface area (Å²) in [7, 11) is 0. The molecule has 2 aromatic rings. The summed E-state index contributed by atoms with van der Waals surface area (Å²) in [6.07, 6.45) is 7.10. The van der Waals surface area contributed by atoms with Gasteiger partial charge in [-0.2, -0.15) is 0 Å². The summed E-state index contributed by atoms with van der Waals surface area (Å²) in [5.41, 5.74) is 0. The molecule has 0 saturated carbocycles. The summed E-state index contributed by atoms with van der Waals surface area (Å²) in [5.74, 6) is -0.0346. The predicted molar refractivity (Wildman–Crippen MR) is 173 cm³/mol. The molecule has 0 aliphatic carbocycles. The molecule has 0 heterocycles. The number of hydrogen-bond acceptors (Lipinski definition) is 7. The van der Waals surface area contributed by atoms with Crippen LogP contribution < -0.4 is 14.2 Å². The van der Waals surface area contributed by atoms with Crippen LogP contribution in [0.2, 0.25) is 20.1 Å². The summed E-state index contributed by atoms with van der Waals surface area (Å²) >= 11 is 26.1. The largest absolute Gasteiger partial charge is 0.476 e. The molecule has 2 rings (SSSR count). The minimum absolute atomic E-state index is 0.155. The van der Waals surface area contributed by atoms with E-state index in [2.05, 4.69) is 13.8 Å². The lowest BCUT2D eigenvalue weighted by molar-refractivity contribution is -0.152. The molecule has 2 atom stereocenters. The number of carbonyl (C=O) groups is 2. The van der Waals surface area contributed by atoms with E-state index >= 15 is 0 Å². The maximum atomic E-state index is 12.5. The molecule has 7 nitrogen and oxygen atoms in total. The van der Waals surface area contributed by atoms with Gasteiger partial charge in [-0.1, -0.05) is 98.8 Å². The Balaban J connectivity index is 2.20. The van der Waals surface area contributed by atoms with E-state index in [1.165, 1.54) is 24.3 Å². The van der Waals surface area contributed by atoms with Crippen molar-refractivity contribution in [3.63, 3.8) is 0 Å². The highest BCUT2D eigenvalue weighted by Crippen LogP contribution is 2.42. The van der Waals surface area contributed by atoms with Crippen LogP contribution in [0.4, 0.5) is 0 Å². The van der Waals surface area contributed by atoms with Crippen molar-refractivity contribution in [2.24, 2.45) is 0 Å². The fraction of sp³-hybridized carbons (Fsp3) is 0.562. The number of benzene rings is 2. The van der Waals surface area contributed by atoms with Gasteiger partial charge in [0.15, 0.2) is 23.7 Å². The average Bonchev–Trinajstić information content (AvgIpc) is 2.95. The first-order chi connectivity index (χ1) is 20.6. The highest BCUT2D eigenvalue weighted by atomic mass is 35.5. The molecule has 2 aromatic carbocycles. The first-order valence-electron chi connectivity index (χ1n) is 15.0. The summed E-state index contributed by atoms with van der Waals surface area (Å²) in [5, 5.41) is 0.622. The highest BCUT2D eigenvalue weighted by Gasteiger charge is 2.26. The second-order valence-electron chi connectivity index (χ2n) is 9.95. The van der Waals surface area contributed by atoms with Crippen molar-refractivity contribution in [1.29, 1.82) is 0 Å². The molecule has 0 aromatic heterocycles. The number of rotatable bonds is 20. The lowest BCUT2D eigenvalue weighted by atomic mass is 10.1. The van der Waals surface area contributed by atoms with Gasteiger partial charge in [0.2, 0.25) is 0 Å². The van der Waals surface area contributed by atoms with Crippen molar-refractivity contribution < 1.29 is 33.3 Å². The molecule has 0 aliphatic rings. The van der Waals surface area contributed by atoms with E-state index in [4.69, 9.17) is 70.1 Å².